The molecule has 7 rings (SSSR count). The summed E-state index contributed by atoms with van der Waals surface area (Å²) in [5.74, 6) is -0.542. The third kappa shape index (κ3) is 10.6. The number of nitro groups is 1. The van der Waals surface area contributed by atoms with E-state index in [1.165, 1.54) is 24.3 Å². The average molecular weight is 912 g/mol. The van der Waals surface area contributed by atoms with Crippen LogP contribution in [0.1, 0.15) is 65.7 Å². The van der Waals surface area contributed by atoms with Crippen LogP contribution in [0.4, 0.5) is 43.4 Å². The fourth-order valence-corrected chi connectivity index (χ4v) is 9.95. The Kier molecular flexibility index (Phi) is 12.7. The van der Waals surface area contributed by atoms with Crippen molar-refractivity contribution in [1.82, 2.24) is 4.58 Å². The number of non-ortho nitro benzene ring substituents is 1. The van der Waals surface area contributed by atoms with Gasteiger partial charge in [0.05, 0.1) is 22.5 Å². The summed E-state index contributed by atoms with van der Waals surface area (Å²) in [5, 5.41) is 12.2. The van der Waals surface area contributed by atoms with Crippen molar-refractivity contribution < 1.29 is 61.2 Å². The van der Waals surface area contributed by atoms with Gasteiger partial charge in [-0.25, -0.2) is 9.57 Å². The predicted molar refractivity (Wildman–Crippen MR) is 214 cm³/mol. The summed E-state index contributed by atoms with van der Waals surface area (Å²) in [5.41, 5.74) is 2.53. The lowest BCUT2D eigenvalue weighted by Crippen LogP contribution is -2.40. The first kappa shape index (κ1) is 44.9. The molecule has 2 unspecified atom stereocenters. The molecule has 4 aromatic rings. The Labute approximate surface area is 352 Å². The zero-order chi connectivity index (χ0) is 44.6. The molecule has 0 bridgehead atoms. The molecule has 0 amide bonds. The van der Waals surface area contributed by atoms with E-state index >= 15 is 0 Å². The monoisotopic (exact) mass is 911 g/mol. The van der Waals surface area contributed by atoms with Crippen LogP contribution < -0.4 is 24.9 Å². The van der Waals surface area contributed by atoms with Crippen LogP contribution in [0.2, 0.25) is 0 Å². The fourth-order valence-electron chi connectivity index (χ4n) is 7.77. The summed E-state index contributed by atoms with van der Waals surface area (Å²) < 4.78 is 152. The quantitative estimate of drug-likeness (QED) is 0.0345. The van der Waals surface area contributed by atoms with Gasteiger partial charge in [0.2, 0.25) is 5.36 Å². The van der Waals surface area contributed by atoms with Gasteiger partial charge in [-0.1, -0.05) is 29.8 Å². The highest BCUT2D eigenvalue weighted by Gasteiger charge is 2.46. The highest BCUT2D eigenvalue weighted by Crippen LogP contribution is 2.42. The van der Waals surface area contributed by atoms with E-state index < -0.39 is 72.5 Å². The Bertz CT molecular complexity index is 2700. The molecule has 62 heavy (non-hydrogen) atoms. The van der Waals surface area contributed by atoms with Crippen molar-refractivity contribution in [3.8, 4) is 11.5 Å². The van der Waals surface area contributed by atoms with Gasteiger partial charge < -0.3 is 9.64 Å². The van der Waals surface area contributed by atoms with E-state index in [1.54, 1.807) is 19.1 Å². The van der Waals surface area contributed by atoms with Crippen LogP contribution in [-0.4, -0.2) is 71.8 Å². The number of fused-ring (bicyclic) bond motifs is 4. The molecule has 0 aliphatic carbocycles. The first-order valence-electron chi connectivity index (χ1n) is 19.7. The summed E-state index contributed by atoms with van der Waals surface area (Å²) >= 11 is 0. The molecule has 332 valence electrons. The molecule has 13 nitrogen and oxygen atoms in total. The number of anilines is 1. The molecule has 0 spiro atoms. The molecule has 0 saturated heterocycles. The van der Waals surface area contributed by atoms with E-state index in [0.717, 1.165) is 59.3 Å². The minimum absolute atomic E-state index is 0.0104. The number of alkyl halides is 6. The lowest BCUT2D eigenvalue weighted by atomic mass is 9.99. The zero-order valence-electron chi connectivity index (χ0n) is 33.1. The lowest BCUT2D eigenvalue weighted by molar-refractivity contribution is -0.384. The smallest absolute Gasteiger partial charge is 0.420 e. The SMILES string of the molecule is Cc1ccc(C(OS(=O)(=O)CCCN2CCCc3cc4c(cc32)Oc2cc3c(cc2=N4)CCC[N+]=3CCCS(=O)(=O)OC(c2ccc([N+](=O)[O-])cc2)C(F)(F)F)C(F)(F)F)cc1. The summed E-state index contributed by atoms with van der Waals surface area (Å²) in [6.45, 7) is 3.15. The number of aryl methyl sites for hydroxylation is 3. The highest BCUT2D eigenvalue weighted by molar-refractivity contribution is 7.86. The maximum absolute atomic E-state index is 13.9. The van der Waals surface area contributed by atoms with Crippen LogP contribution in [0, 0.1) is 17.0 Å². The third-order valence-electron chi connectivity index (χ3n) is 10.7. The van der Waals surface area contributed by atoms with Gasteiger partial charge in [0.15, 0.2) is 23.7 Å². The molecule has 0 saturated carbocycles. The fraction of sp³-hybridized carbons (Fsp3) is 0.415. The number of nitrogens with zero attached hydrogens (tertiary/aromatic N) is 4. The van der Waals surface area contributed by atoms with Crippen LogP contribution >= 0.6 is 0 Å². The average Bonchev–Trinajstić information content (AvgIpc) is 3.19. The minimum Gasteiger partial charge on any atom is -0.452 e. The molecule has 2 atom stereocenters. The Hall–Kier alpha value is -5.12. The maximum Gasteiger partial charge on any atom is 0.420 e. The molecule has 21 heteroatoms. The molecule has 3 aliphatic heterocycles. The number of hydrogen-bond donors (Lipinski definition) is 0. The number of halogens is 6. The van der Waals surface area contributed by atoms with Gasteiger partial charge in [-0.05, 0) is 73.6 Å². The largest absolute Gasteiger partial charge is 0.452 e. The van der Waals surface area contributed by atoms with Crippen molar-refractivity contribution in [2.24, 2.45) is 4.99 Å². The van der Waals surface area contributed by atoms with Gasteiger partial charge >= 0.3 is 12.4 Å². The van der Waals surface area contributed by atoms with E-state index in [-0.39, 0.29) is 31.5 Å². The first-order valence-corrected chi connectivity index (χ1v) is 22.8. The second-order valence-electron chi connectivity index (χ2n) is 15.3. The number of benzene rings is 4. The van der Waals surface area contributed by atoms with Crippen molar-refractivity contribution in [1.29, 1.82) is 0 Å². The third-order valence-corrected chi connectivity index (χ3v) is 13.3. The summed E-state index contributed by atoms with van der Waals surface area (Å²) in [4.78, 5) is 16.9. The summed E-state index contributed by atoms with van der Waals surface area (Å²) in [6.07, 6.45) is -12.8. The van der Waals surface area contributed by atoms with Crippen molar-refractivity contribution in [2.45, 2.75) is 70.0 Å². The zero-order valence-corrected chi connectivity index (χ0v) is 34.7. The molecular formula is C41H41F6N4O9S2+. The molecular weight excluding hydrogens is 871 g/mol. The van der Waals surface area contributed by atoms with Gasteiger partial charge in [-0.3, -0.25) is 18.5 Å². The first-order chi connectivity index (χ1) is 29.2. The molecule has 3 heterocycles. The highest BCUT2D eigenvalue weighted by atomic mass is 32.2. The van der Waals surface area contributed by atoms with Gasteiger partial charge in [-0.15, -0.1) is 0 Å². The predicted octanol–water partition coefficient (Wildman–Crippen LogP) is 7.23. The molecule has 0 N–H and O–H groups in total. The molecule has 4 aromatic carbocycles. The Morgan fingerprint density at radius 3 is 2.02 bits per heavy atom. The van der Waals surface area contributed by atoms with Crippen molar-refractivity contribution in [3.05, 3.63) is 121 Å². The van der Waals surface area contributed by atoms with Crippen molar-refractivity contribution in [3.63, 3.8) is 0 Å². The molecule has 3 aliphatic rings. The van der Waals surface area contributed by atoms with Crippen LogP contribution in [0.15, 0.2) is 77.8 Å². The number of hydrogen-bond acceptors (Lipinski definition) is 11. The number of nitro benzene ring substituents is 1. The lowest BCUT2D eigenvalue weighted by Gasteiger charge is -2.32. The summed E-state index contributed by atoms with van der Waals surface area (Å²) in [6, 6.07) is 15.9. The van der Waals surface area contributed by atoms with Crippen molar-refractivity contribution >= 4 is 37.3 Å². The van der Waals surface area contributed by atoms with Crippen LogP contribution in [0.25, 0.3) is 0 Å². The molecule has 0 aromatic heterocycles. The summed E-state index contributed by atoms with van der Waals surface area (Å²) in [7, 11) is -9.30. The standard InChI is InChI=1S/C41H41F6N4O9S2/c1-26-8-10-27(11-9-26)38(40(42,43)44)59-61(54,55)20-4-18-49-16-2-6-29-22-32-36(24-34(29)49)58-37-25-35-30(23-33(37)48-32)7-3-17-50(35)19-5-21-62(56,57)60-39(41(45,46)47)28-12-14-31(15-13-28)51(52)53/h8-15,22-25,38-39H,2-7,16-21H2,1H3/q+1. The second kappa shape index (κ2) is 17.6. The second-order valence-corrected chi connectivity index (χ2v) is 18.8. The van der Waals surface area contributed by atoms with E-state index in [9.17, 15) is 53.3 Å². The van der Waals surface area contributed by atoms with Gasteiger partial charge in [0, 0.05) is 55.4 Å². The van der Waals surface area contributed by atoms with E-state index in [4.69, 9.17) is 13.9 Å². The molecule has 0 radical (unpaired) electrons. The van der Waals surface area contributed by atoms with E-state index in [2.05, 4.69) is 4.18 Å². The Morgan fingerprint density at radius 2 is 1.40 bits per heavy atom. The van der Waals surface area contributed by atoms with Gasteiger partial charge in [0.1, 0.15) is 24.1 Å². The topological polar surface area (TPSA) is 158 Å². The van der Waals surface area contributed by atoms with Crippen LogP contribution in [-0.2, 0) is 41.4 Å². The normalized spacial score (nSPS) is 16.2. The number of ether oxygens (including phenoxy) is 1. The minimum atomic E-state index is -5.12. The Balaban J connectivity index is 1.03. The Morgan fingerprint density at radius 1 is 0.806 bits per heavy atom. The maximum atomic E-state index is 13.9. The van der Waals surface area contributed by atoms with Crippen LogP contribution in [0.5, 0.6) is 11.5 Å². The van der Waals surface area contributed by atoms with Gasteiger partial charge in [0.25, 0.3) is 25.9 Å². The van der Waals surface area contributed by atoms with Crippen LogP contribution in [0.3, 0.4) is 0 Å². The molecule has 0 fully saturated rings. The van der Waals surface area contributed by atoms with E-state index in [0.29, 0.717) is 54.0 Å². The van der Waals surface area contributed by atoms with Crippen molar-refractivity contribution in [2.75, 3.05) is 42.6 Å². The van der Waals surface area contributed by atoms with E-state index in [1.807, 2.05) is 21.6 Å². The number of rotatable bonds is 15. The van der Waals surface area contributed by atoms with Gasteiger partial charge in [-0.2, -0.15) is 43.2 Å².